The maximum absolute atomic E-state index is 13.0. The number of hydrogen-bond acceptors (Lipinski definition) is 3. The van der Waals surface area contributed by atoms with Crippen molar-refractivity contribution >= 4 is 35.0 Å². The predicted molar refractivity (Wildman–Crippen MR) is 88.7 cm³/mol. The first-order valence-corrected chi connectivity index (χ1v) is 8.17. The molecule has 0 bridgehead atoms. The van der Waals surface area contributed by atoms with Crippen LogP contribution < -0.4 is 5.48 Å². The molecule has 1 atom stereocenters. The summed E-state index contributed by atoms with van der Waals surface area (Å²) in [4.78, 5) is 26.3. The molecule has 1 aromatic carbocycles. The molecule has 2 rings (SSSR count). The van der Waals surface area contributed by atoms with E-state index in [0.717, 1.165) is 5.56 Å². The molecule has 0 heterocycles. The molecule has 1 saturated carbocycles. The molecule has 1 aliphatic rings. The number of nitrogens with zero attached hydrogens (tertiary/aromatic N) is 1. The highest BCUT2D eigenvalue weighted by Crippen LogP contribution is 2.52. The van der Waals surface area contributed by atoms with Crippen LogP contribution in [-0.2, 0) is 15.0 Å². The Kier molecular flexibility index (Phi) is 5.23. The molecule has 2 amide bonds. The van der Waals surface area contributed by atoms with Crippen molar-refractivity contribution in [3.63, 3.8) is 0 Å². The molecule has 23 heavy (non-hydrogen) atoms. The lowest BCUT2D eigenvalue weighted by atomic mass is 9.92. The fourth-order valence-corrected chi connectivity index (χ4v) is 3.65. The first-order valence-electron chi connectivity index (χ1n) is 7.41. The van der Waals surface area contributed by atoms with Crippen LogP contribution in [0.25, 0.3) is 0 Å². The minimum atomic E-state index is -0.754. The monoisotopic (exact) mass is 358 g/mol. The fourth-order valence-electron chi connectivity index (χ4n) is 3.06. The third-order valence-corrected chi connectivity index (χ3v) is 4.90. The predicted octanol–water partition coefficient (Wildman–Crippen LogP) is 3.01. The van der Waals surface area contributed by atoms with Crippen molar-refractivity contribution in [3.8, 4) is 0 Å². The van der Waals surface area contributed by atoms with Crippen molar-refractivity contribution in [1.29, 1.82) is 0 Å². The molecular formula is C16H20Cl2N2O3. The summed E-state index contributed by atoms with van der Waals surface area (Å²) in [6.07, 6.45) is 1.34. The SMILES string of the molecule is CC(C)C(C(=O)NO)N(C)C(=O)C1(c2ccc(Cl)cc2Cl)CC1. The molecule has 0 radical (unpaired) electrons. The Hall–Kier alpha value is -1.30. The number of carbonyl (C=O) groups excluding carboxylic acids is 2. The summed E-state index contributed by atoms with van der Waals surface area (Å²) < 4.78 is 0. The van der Waals surface area contributed by atoms with Gasteiger partial charge in [-0.1, -0.05) is 43.1 Å². The van der Waals surface area contributed by atoms with Gasteiger partial charge in [0.05, 0.1) is 5.41 Å². The van der Waals surface area contributed by atoms with Gasteiger partial charge in [-0.15, -0.1) is 0 Å². The van der Waals surface area contributed by atoms with Crippen LogP contribution in [0, 0.1) is 5.92 Å². The van der Waals surface area contributed by atoms with Gasteiger partial charge in [0.1, 0.15) is 6.04 Å². The molecule has 1 aromatic rings. The Bertz CT molecular complexity index is 630. The van der Waals surface area contributed by atoms with Gasteiger partial charge in [0, 0.05) is 17.1 Å². The van der Waals surface area contributed by atoms with Gasteiger partial charge in [0.25, 0.3) is 5.91 Å². The van der Waals surface area contributed by atoms with E-state index in [1.807, 2.05) is 13.8 Å². The largest absolute Gasteiger partial charge is 0.333 e. The molecule has 5 nitrogen and oxygen atoms in total. The van der Waals surface area contributed by atoms with Crippen LogP contribution in [0.2, 0.25) is 10.0 Å². The van der Waals surface area contributed by atoms with Gasteiger partial charge >= 0.3 is 0 Å². The molecule has 7 heteroatoms. The summed E-state index contributed by atoms with van der Waals surface area (Å²) in [5.74, 6) is -0.925. The fraction of sp³-hybridized carbons (Fsp3) is 0.500. The van der Waals surface area contributed by atoms with Crippen molar-refractivity contribution in [3.05, 3.63) is 33.8 Å². The Morgan fingerprint density at radius 1 is 1.30 bits per heavy atom. The van der Waals surface area contributed by atoms with Crippen LogP contribution in [0.3, 0.4) is 0 Å². The molecule has 0 saturated heterocycles. The van der Waals surface area contributed by atoms with E-state index in [1.165, 1.54) is 4.90 Å². The minimum absolute atomic E-state index is 0.146. The molecular weight excluding hydrogens is 339 g/mol. The van der Waals surface area contributed by atoms with E-state index in [4.69, 9.17) is 28.4 Å². The zero-order valence-electron chi connectivity index (χ0n) is 13.3. The molecule has 126 valence electrons. The topological polar surface area (TPSA) is 69.6 Å². The van der Waals surface area contributed by atoms with Crippen LogP contribution >= 0.6 is 23.2 Å². The second-order valence-electron chi connectivity index (χ2n) is 6.29. The second kappa shape index (κ2) is 6.67. The normalized spacial score (nSPS) is 16.8. The quantitative estimate of drug-likeness (QED) is 0.627. The summed E-state index contributed by atoms with van der Waals surface area (Å²) in [6, 6.07) is 4.33. The lowest BCUT2D eigenvalue weighted by molar-refractivity contribution is -0.146. The number of hydrogen-bond donors (Lipinski definition) is 2. The Balaban J connectivity index is 2.33. The first kappa shape index (κ1) is 18.0. The number of hydroxylamine groups is 1. The summed E-state index contributed by atoms with van der Waals surface area (Å²) in [5, 5.41) is 9.88. The summed E-state index contributed by atoms with van der Waals surface area (Å²) in [7, 11) is 1.58. The third kappa shape index (κ3) is 3.32. The highest BCUT2D eigenvalue weighted by molar-refractivity contribution is 6.35. The standard InChI is InChI=1S/C16H20Cl2N2O3/c1-9(2)13(14(21)19-23)20(3)15(22)16(6-7-16)11-5-4-10(17)8-12(11)18/h4-5,8-9,13,23H,6-7H2,1-3H3,(H,19,21). The Labute approximate surface area is 145 Å². The number of benzene rings is 1. The van der Waals surface area contributed by atoms with Crippen molar-refractivity contribution in [2.45, 2.75) is 38.1 Å². The second-order valence-corrected chi connectivity index (χ2v) is 7.13. The Morgan fingerprint density at radius 2 is 1.91 bits per heavy atom. The summed E-state index contributed by atoms with van der Waals surface area (Å²) >= 11 is 12.2. The van der Waals surface area contributed by atoms with Crippen molar-refractivity contribution in [2.75, 3.05) is 7.05 Å². The molecule has 1 aliphatic carbocycles. The van der Waals surface area contributed by atoms with E-state index in [1.54, 1.807) is 30.7 Å². The maximum atomic E-state index is 13.0. The number of rotatable bonds is 5. The molecule has 2 N–H and O–H groups in total. The van der Waals surface area contributed by atoms with Gasteiger partial charge in [-0.05, 0) is 36.5 Å². The van der Waals surface area contributed by atoms with Crippen molar-refractivity contribution < 1.29 is 14.8 Å². The summed E-state index contributed by atoms with van der Waals surface area (Å²) in [6.45, 7) is 3.64. The lowest BCUT2D eigenvalue weighted by Crippen LogP contribution is -2.52. The maximum Gasteiger partial charge on any atom is 0.266 e. The molecule has 0 aromatic heterocycles. The Morgan fingerprint density at radius 3 is 2.35 bits per heavy atom. The summed E-state index contributed by atoms with van der Waals surface area (Å²) in [5.41, 5.74) is 1.66. The number of halogens is 2. The van der Waals surface area contributed by atoms with E-state index in [9.17, 15) is 9.59 Å². The highest BCUT2D eigenvalue weighted by atomic mass is 35.5. The smallest absolute Gasteiger partial charge is 0.266 e. The van der Waals surface area contributed by atoms with Crippen molar-refractivity contribution in [2.24, 2.45) is 5.92 Å². The number of amides is 2. The van der Waals surface area contributed by atoms with E-state index < -0.39 is 17.4 Å². The number of nitrogens with one attached hydrogen (secondary N) is 1. The molecule has 1 fully saturated rings. The van der Waals surface area contributed by atoms with E-state index in [0.29, 0.717) is 22.9 Å². The van der Waals surface area contributed by atoms with Gasteiger partial charge in [0.2, 0.25) is 5.91 Å². The van der Waals surface area contributed by atoms with Crippen molar-refractivity contribution in [1.82, 2.24) is 10.4 Å². The van der Waals surface area contributed by atoms with E-state index in [2.05, 4.69) is 0 Å². The average molecular weight is 359 g/mol. The lowest BCUT2D eigenvalue weighted by Gasteiger charge is -2.32. The third-order valence-electron chi connectivity index (χ3n) is 4.35. The van der Waals surface area contributed by atoms with Gasteiger partial charge in [-0.3, -0.25) is 14.8 Å². The van der Waals surface area contributed by atoms with Gasteiger partial charge in [-0.2, -0.15) is 0 Å². The minimum Gasteiger partial charge on any atom is -0.333 e. The number of carbonyl (C=O) groups is 2. The van der Waals surface area contributed by atoms with Crippen LogP contribution in [-0.4, -0.2) is 35.0 Å². The zero-order valence-corrected chi connectivity index (χ0v) is 14.8. The first-order chi connectivity index (χ1) is 10.7. The molecule has 0 aliphatic heterocycles. The van der Waals surface area contributed by atoms with E-state index >= 15 is 0 Å². The highest BCUT2D eigenvalue weighted by Gasteiger charge is 2.54. The zero-order chi connectivity index (χ0) is 17.4. The van der Waals surface area contributed by atoms with Gasteiger partial charge < -0.3 is 4.90 Å². The number of likely N-dealkylation sites (N-methyl/N-ethyl adjacent to an activating group) is 1. The molecule has 1 unspecified atom stereocenters. The van der Waals surface area contributed by atoms with Crippen LogP contribution in [0.1, 0.15) is 32.3 Å². The molecule has 0 spiro atoms. The van der Waals surface area contributed by atoms with Crippen LogP contribution in [0.15, 0.2) is 18.2 Å². The van der Waals surface area contributed by atoms with Gasteiger partial charge in [-0.25, -0.2) is 5.48 Å². The van der Waals surface area contributed by atoms with E-state index in [-0.39, 0.29) is 11.8 Å². The average Bonchev–Trinajstić information content (AvgIpc) is 3.27. The van der Waals surface area contributed by atoms with Crippen LogP contribution in [0.5, 0.6) is 0 Å². The van der Waals surface area contributed by atoms with Crippen LogP contribution in [0.4, 0.5) is 0 Å². The van der Waals surface area contributed by atoms with Gasteiger partial charge in [0.15, 0.2) is 0 Å².